The number of unbranched alkanes of at least 4 members (excludes halogenated alkanes) is 15. The molecule has 1 heterocycles. The minimum atomic E-state index is 0.576. The van der Waals surface area contributed by atoms with Gasteiger partial charge >= 0.3 is 0 Å². The van der Waals surface area contributed by atoms with Crippen LogP contribution in [0, 0.1) is 5.92 Å². The number of nitrogens with zero attached hydrogens (tertiary/aromatic N) is 2. The van der Waals surface area contributed by atoms with Crippen LogP contribution in [0.15, 0.2) is 49.1 Å². The quantitative estimate of drug-likeness (QED) is 0.145. The van der Waals surface area contributed by atoms with Crippen molar-refractivity contribution in [2.45, 2.75) is 148 Å². The maximum Gasteiger partial charge on any atom is 0.0948 e. The molecule has 0 aliphatic heterocycles. The lowest BCUT2D eigenvalue weighted by molar-refractivity contribution is 0.275. The third-order valence-electron chi connectivity index (χ3n) is 7.82. The van der Waals surface area contributed by atoms with Gasteiger partial charge in [-0.05, 0) is 30.7 Å². The summed E-state index contributed by atoms with van der Waals surface area (Å²) in [4.78, 5) is 4.43. The lowest BCUT2D eigenvalue weighted by Gasteiger charge is -2.29. The van der Waals surface area contributed by atoms with Crippen molar-refractivity contribution in [1.29, 1.82) is 0 Å². The van der Waals surface area contributed by atoms with Gasteiger partial charge in [0.05, 0.1) is 6.33 Å². The molecule has 2 nitrogen and oxygen atoms in total. The van der Waals surface area contributed by atoms with Gasteiger partial charge in [-0.15, -0.1) is 0 Å². The molecule has 2 unspecified atom stereocenters. The molecule has 35 heavy (non-hydrogen) atoms. The summed E-state index contributed by atoms with van der Waals surface area (Å²) in [5.74, 6) is 0.695. The van der Waals surface area contributed by atoms with Gasteiger partial charge in [0.25, 0.3) is 0 Å². The van der Waals surface area contributed by atoms with Crippen LogP contribution in [0.3, 0.4) is 0 Å². The van der Waals surface area contributed by atoms with Crippen LogP contribution in [-0.4, -0.2) is 9.55 Å². The molecule has 0 aliphatic carbocycles. The SMILES string of the molecule is CCCCCCCCCCCC(Cc1ccccc1)C(CCCCCCCCCC)n1ccnc1. The molecule has 0 bridgehead atoms. The van der Waals surface area contributed by atoms with Crippen LogP contribution >= 0.6 is 0 Å². The van der Waals surface area contributed by atoms with E-state index in [1.54, 1.807) is 0 Å². The molecule has 0 N–H and O–H groups in total. The first-order chi connectivity index (χ1) is 17.3. The van der Waals surface area contributed by atoms with Gasteiger partial charge in [-0.1, -0.05) is 153 Å². The van der Waals surface area contributed by atoms with Crippen molar-refractivity contribution in [3.63, 3.8) is 0 Å². The molecular weight excluding hydrogens is 424 g/mol. The Morgan fingerprint density at radius 1 is 0.629 bits per heavy atom. The largest absolute Gasteiger partial charge is 0.334 e. The van der Waals surface area contributed by atoms with Crippen molar-refractivity contribution in [2.24, 2.45) is 5.92 Å². The maximum absolute atomic E-state index is 4.43. The highest BCUT2D eigenvalue weighted by Gasteiger charge is 2.23. The third kappa shape index (κ3) is 13.9. The van der Waals surface area contributed by atoms with E-state index >= 15 is 0 Å². The molecule has 0 saturated carbocycles. The smallest absolute Gasteiger partial charge is 0.0948 e. The van der Waals surface area contributed by atoms with Gasteiger partial charge in [0.2, 0.25) is 0 Å². The van der Waals surface area contributed by atoms with Crippen molar-refractivity contribution >= 4 is 0 Å². The van der Waals surface area contributed by atoms with Gasteiger partial charge in [0.15, 0.2) is 0 Å². The Kier molecular flexibility index (Phi) is 17.5. The van der Waals surface area contributed by atoms with Crippen molar-refractivity contribution in [2.75, 3.05) is 0 Å². The van der Waals surface area contributed by atoms with Gasteiger partial charge in [-0.25, -0.2) is 4.98 Å². The summed E-state index contributed by atoms with van der Waals surface area (Å²) in [7, 11) is 0. The fraction of sp³-hybridized carbons (Fsp3) is 0.727. The van der Waals surface area contributed by atoms with E-state index in [4.69, 9.17) is 0 Å². The molecule has 2 aromatic rings. The minimum absolute atomic E-state index is 0.576. The molecule has 0 fully saturated rings. The first-order valence-electron chi connectivity index (χ1n) is 15.4. The van der Waals surface area contributed by atoms with Crippen molar-refractivity contribution in [3.05, 3.63) is 54.6 Å². The summed E-state index contributed by atoms with van der Waals surface area (Å²) >= 11 is 0. The Morgan fingerprint density at radius 2 is 1.14 bits per heavy atom. The summed E-state index contributed by atoms with van der Waals surface area (Å²) in [6.07, 6.45) is 33.9. The monoisotopic (exact) mass is 480 g/mol. The summed E-state index contributed by atoms with van der Waals surface area (Å²) in [5, 5.41) is 0. The highest BCUT2D eigenvalue weighted by Crippen LogP contribution is 2.32. The number of hydrogen-bond acceptors (Lipinski definition) is 1. The van der Waals surface area contributed by atoms with Crippen LogP contribution < -0.4 is 0 Å². The summed E-state index contributed by atoms with van der Waals surface area (Å²) in [6.45, 7) is 4.61. The van der Waals surface area contributed by atoms with E-state index in [1.807, 2.05) is 6.20 Å². The lowest BCUT2D eigenvalue weighted by atomic mass is 9.84. The Morgan fingerprint density at radius 3 is 1.66 bits per heavy atom. The zero-order valence-corrected chi connectivity index (χ0v) is 23.3. The number of benzene rings is 1. The van der Waals surface area contributed by atoms with E-state index in [0.29, 0.717) is 12.0 Å². The first-order valence-corrected chi connectivity index (χ1v) is 15.4. The molecular formula is C33H56N2. The molecule has 1 aromatic carbocycles. The van der Waals surface area contributed by atoms with Crippen LogP contribution in [0.4, 0.5) is 0 Å². The first kappa shape index (κ1) is 29.7. The van der Waals surface area contributed by atoms with Crippen LogP contribution in [0.25, 0.3) is 0 Å². The second kappa shape index (κ2) is 20.6. The van der Waals surface area contributed by atoms with Gasteiger partial charge in [-0.3, -0.25) is 0 Å². The number of hydrogen-bond donors (Lipinski definition) is 0. The molecule has 0 radical (unpaired) electrons. The molecule has 0 saturated heterocycles. The van der Waals surface area contributed by atoms with Crippen molar-refractivity contribution in [1.82, 2.24) is 9.55 Å². The molecule has 198 valence electrons. The van der Waals surface area contributed by atoms with E-state index in [-0.39, 0.29) is 0 Å². The predicted molar refractivity (Wildman–Crippen MR) is 154 cm³/mol. The van der Waals surface area contributed by atoms with Crippen LogP contribution in [0.5, 0.6) is 0 Å². The van der Waals surface area contributed by atoms with Crippen molar-refractivity contribution < 1.29 is 0 Å². The number of aromatic nitrogens is 2. The number of imidazole rings is 1. The zero-order chi connectivity index (χ0) is 24.8. The summed E-state index contributed by atoms with van der Waals surface area (Å²) in [5.41, 5.74) is 1.49. The van der Waals surface area contributed by atoms with Gasteiger partial charge in [0, 0.05) is 18.4 Å². The fourth-order valence-electron chi connectivity index (χ4n) is 5.65. The molecule has 2 heteroatoms. The average molecular weight is 481 g/mol. The standard InChI is InChI=1S/C33H56N2/c1-3-5-7-9-11-13-14-16-21-25-32(29-31-23-19-18-20-24-31)33(35-28-27-34-30-35)26-22-17-15-12-10-8-6-4-2/h18-20,23-24,27-28,30,32-33H,3-17,21-22,25-26,29H2,1-2H3. The van der Waals surface area contributed by atoms with Gasteiger partial charge in [-0.2, -0.15) is 0 Å². The van der Waals surface area contributed by atoms with E-state index < -0.39 is 0 Å². The Balaban J connectivity index is 1.85. The second-order valence-electron chi connectivity index (χ2n) is 10.9. The molecule has 2 rings (SSSR count). The van der Waals surface area contributed by atoms with E-state index in [2.05, 4.69) is 66.3 Å². The molecule has 0 aliphatic rings. The predicted octanol–water partition coefficient (Wildman–Crippen LogP) is 10.7. The minimum Gasteiger partial charge on any atom is -0.334 e. The summed E-state index contributed by atoms with van der Waals surface area (Å²) in [6, 6.07) is 11.8. The lowest BCUT2D eigenvalue weighted by Crippen LogP contribution is -2.21. The highest BCUT2D eigenvalue weighted by molar-refractivity contribution is 5.15. The van der Waals surface area contributed by atoms with Crippen LogP contribution in [0.2, 0.25) is 0 Å². The second-order valence-corrected chi connectivity index (χ2v) is 10.9. The average Bonchev–Trinajstić information content (AvgIpc) is 3.41. The van der Waals surface area contributed by atoms with E-state index in [1.165, 1.54) is 134 Å². The summed E-state index contributed by atoms with van der Waals surface area (Å²) < 4.78 is 2.43. The Hall–Kier alpha value is -1.57. The molecule has 0 spiro atoms. The third-order valence-corrected chi connectivity index (χ3v) is 7.82. The fourth-order valence-corrected chi connectivity index (χ4v) is 5.65. The topological polar surface area (TPSA) is 17.8 Å². The van der Waals surface area contributed by atoms with E-state index in [0.717, 1.165) is 0 Å². The molecule has 2 atom stereocenters. The normalized spacial score (nSPS) is 13.2. The Labute approximate surface area is 218 Å². The van der Waals surface area contributed by atoms with Crippen LogP contribution in [0.1, 0.15) is 147 Å². The molecule has 0 amide bonds. The highest BCUT2D eigenvalue weighted by atomic mass is 15.1. The Bertz CT molecular complexity index is 678. The van der Waals surface area contributed by atoms with E-state index in [9.17, 15) is 0 Å². The zero-order valence-electron chi connectivity index (χ0n) is 23.3. The maximum atomic E-state index is 4.43. The van der Waals surface area contributed by atoms with Crippen LogP contribution in [-0.2, 0) is 6.42 Å². The van der Waals surface area contributed by atoms with Gasteiger partial charge in [0.1, 0.15) is 0 Å². The molecule has 1 aromatic heterocycles. The van der Waals surface area contributed by atoms with Gasteiger partial charge < -0.3 is 4.57 Å². The number of rotatable bonds is 23. The van der Waals surface area contributed by atoms with Crippen molar-refractivity contribution in [3.8, 4) is 0 Å².